The van der Waals surface area contributed by atoms with Crippen molar-refractivity contribution in [3.8, 4) is 0 Å². The lowest BCUT2D eigenvalue weighted by atomic mass is 10.1. The van der Waals surface area contributed by atoms with Gasteiger partial charge in [0.25, 0.3) is 5.91 Å². The Kier molecular flexibility index (Phi) is 4.55. The Morgan fingerprint density at radius 1 is 1.09 bits per heavy atom. The molecule has 0 radical (unpaired) electrons. The second kappa shape index (κ2) is 6.59. The first kappa shape index (κ1) is 15.2. The van der Waals surface area contributed by atoms with Gasteiger partial charge < -0.3 is 10.6 Å². The molecule has 0 spiro atoms. The second-order valence-corrected chi connectivity index (χ2v) is 6.18. The number of carbonyl (C=O) groups is 1. The largest absolute Gasteiger partial charge is 0.381 e. The van der Waals surface area contributed by atoms with Crippen LogP contribution >= 0.6 is 23.2 Å². The summed E-state index contributed by atoms with van der Waals surface area (Å²) in [4.78, 5) is 11.9. The third kappa shape index (κ3) is 3.73. The van der Waals surface area contributed by atoms with Crippen LogP contribution in [0, 0.1) is 0 Å². The molecule has 2 aromatic carbocycles. The molecule has 0 bridgehead atoms. The number of anilines is 1. The van der Waals surface area contributed by atoms with Gasteiger partial charge in [-0.2, -0.15) is 0 Å². The van der Waals surface area contributed by atoms with Crippen LogP contribution in [0.4, 0.5) is 5.69 Å². The maximum Gasteiger partial charge on any atom is 0.251 e. The van der Waals surface area contributed by atoms with E-state index >= 15 is 0 Å². The first-order chi connectivity index (χ1) is 10.6. The molecule has 1 saturated carbocycles. The standard InChI is InChI=1S/C17H16Cl2N2O/c18-15-3-1-2-12(16(15)19)10-20-13-6-4-11(5-7-13)17(22)21-14-8-9-14/h1-7,14,20H,8-10H2,(H,21,22). The van der Waals surface area contributed by atoms with Crippen LogP contribution in [0.3, 0.4) is 0 Å². The van der Waals surface area contributed by atoms with E-state index in [1.165, 1.54) is 0 Å². The summed E-state index contributed by atoms with van der Waals surface area (Å²) < 4.78 is 0. The minimum Gasteiger partial charge on any atom is -0.381 e. The highest BCUT2D eigenvalue weighted by Gasteiger charge is 2.23. The summed E-state index contributed by atoms with van der Waals surface area (Å²) in [5.41, 5.74) is 2.54. The molecular weight excluding hydrogens is 319 g/mol. The van der Waals surface area contributed by atoms with E-state index in [-0.39, 0.29) is 5.91 Å². The van der Waals surface area contributed by atoms with E-state index in [2.05, 4.69) is 10.6 Å². The molecule has 0 heterocycles. The summed E-state index contributed by atoms with van der Waals surface area (Å²) in [6.07, 6.45) is 2.18. The molecule has 114 valence electrons. The first-order valence-electron chi connectivity index (χ1n) is 7.21. The molecule has 1 aliphatic rings. The summed E-state index contributed by atoms with van der Waals surface area (Å²) >= 11 is 12.1. The lowest BCUT2D eigenvalue weighted by Crippen LogP contribution is -2.25. The summed E-state index contributed by atoms with van der Waals surface area (Å²) in [7, 11) is 0. The van der Waals surface area contributed by atoms with Crippen LogP contribution in [0.2, 0.25) is 10.0 Å². The van der Waals surface area contributed by atoms with Gasteiger partial charge in [-0.3, -0.25) is 4.79 Å². The second-order valence-electron chi connectivity index (χ2n) is 5.39. The van der Waals surface area contributed by atoms with Crippen molar-refractivity contribution in [1.29, 1.82) is 0 Å². The molecule has 0 aromatic heterocycles. The molecule has 2 aromatic rings. The van der Waals surface area contributed by atoms with Crippen LogP contribution < -0.4 is 10.6 Å². The fraction of sp³-hybridized carbons (Fsp3) is 0.235. The molecule has 1 aliphatic carbocycles. The van der Waals surface area contributed by atoms with Gasteiger partial charge in [-0.25, -0.2) is 0 Å². The zero-order valence-corrected chi connectivity index (χ0v) is 13.4. The highest BCUT2D eigenvalue weighted by atomic mass is 35.5. The molecule has 22 heavy (non-hydrogen) atoms. The average molecular weight is 335 g/mol. The molecule has 1 amide bonds. The molecule has 5 heteroatoms. The molecule has 3 rings (SSSR count). The number of nitrogens with one attached hydrogen (secondary N) is 2. The van der Waals surface area contributed by atoms with Gasteiger partial charge in [0.05, 0.1) is 10.0 Å². The Hall–Kier alpha value is -1.71. The first-order valence-corrected chi connectivity index (χ1v) is 7.97. The van der Waals surface area contributed by atoms with Gasteiger partial charge in [0, 0.05) is 23.8 Å². The highest BCUT2D eigenvalue weighted by molar-refractivity contribution is 6.42. The zero-order chi connectivity index (χ0) is 15.5. The maximum atomic E-state index is 11.9. The molecule has 0 unspecified atom stereocenters. The molecule has 2 N–H and O–H groups in total. The van der Waals surface area contributed by atoms with Crippen molar-refractivity contribution in [3.63, 3.8) is 0 Å². The van der Waals surface area contributed by atoms with Crippen molar-refractivity contribution in [2.24, 2.45) is 0 Å². The van der Waals surface area contributed by atoms with Crippen molar-refractivity contribution in [3.05, 3.63) is 63.6 Å². The Bertz CT molecular complexity index is 682. The number of carbonyl (C=O) groups excluding carboxylic acids is 1. The number of benzene rings is 2. The van der Waals surface area contributed by atoms with Crippen molar-refractivity contribution < 1.29 is 4.79 Å². The van der Waals surface area contributed by atoms with Crippen molar-refractivity contribution in [1.82, 2.24) is 5.32 Å². The Morgan fingerprint density at radius 3 is 2.50 bits per heavy atom. The molecular formula is C17H16Cl2N2O. The Labute approximate surface area is 139 Å². The summed E-state index contributed by atoms with van der Waals surface area (Å²) in [6, 6.07) is 13.4. The number of hydrogen-bond acceptors (Lipinski definition) is 2. The topological polar surface area (TPSA) is 41.1 Å². The van der Waals surface area contributed by atoms with Gasteiger partial charge >= 0.3 is 0 Å². The quantitative estimate of drug-likeness (QED) is 0.845. The number of amides is 1. The van der Waals surface area contributed by atoms with E-state index in [1.807, 2.05) is 36.4 Å². The summed E-state index contributed by atoms with van der Waals surface area (Å²) in [5, 5.41) is 7.36. The normalized spacial score (nSPS) is 13.7. The van der Waals surface area contributed by atoms with Gasteiger partial charge in [-0.1, -0.05) is 35.3 Å². The highest BCUT2D eigenvalue weighted by Crippen LogP contribution is 2.26. The van der Waals surface area contributed by atoms with Crippen molar-refractivity contribution in [2.45, 2.75) is 25.4 Å². The molecule has 0 aliphatic heterocycles. The number of rotatable bonds is 5. The van der Waals surface area contributed by atoms with Crippen molar-refractivity contribution >= 4 is 34.8 Å². The summed E-state index contributed by atoms with van der Waals surface area (Å²) in [5.74, 6) is -0.00747. The molecule has 0 atom stereocenters. The summed E-state index contributed by atoms with van der Waals surface area (Å²) in [6.45, 7) is 0.576. The van der Waals surface area contributed by atoms with Crippen LogP contribution in [0.15, 0.2) is 42.5 Å². The molecule has 3 nitrogen and oxygen atoms in total. The van der Waals surface area contributed by atoms with Crippen LogP contribution in [0.25, 0.3) is 0 Å². The number of halogens is 2. The minimum absolute atomic E-state index is 0.00747. The fourth-order valence-electron chi connectivity index (χ4n) is 2.12. The third-order valence-electron chi connectivity index (χ3n) is 3.57. The monoisotopic (exact) mass is 334 g/mol. The SMILES string of the molecule is O=C(NC1CC1)c1ccc(NCc2cccc(Cl)c2Cl)cc1. The fourth-order valence-corrected chi connectivity index (χ4v) is 2.51. The van der Waals surface area contributed by atoms with E-state index in [0.29, 0.717) is 28.2 Å². The van der Waals surface area contributed by atoms with Crippen LogP contribution in [-0.2, 0) is 6.54 Å². The van der Waals surface area contributed by atoms with Gasteiger partial charge in [-0.05, 0) is 48.7 Å². The predicted molar refractivity (Wildman–Crippen MR) is 90.7 cm³/mol. The van der Waals surface area contributed by atoms with Gasteiger partial charge in [-0.15, -0.1) is 0 Å². The zero-order valence-electron chi connectivity index (χ0n) is 11.9. The van der Waals surface area contributed by atoms with E-state index in [9.17, 15) is 4.79 Å². The lowest BCUT2D eigenvalue weighted by molar-refractivity contribution is 0.0951. The third-order valence-corrected chi connectivity index (χ3v) is 4.43. The number of hydrogen-bond donors (Lipinski definition) is 2. The van der Waals surface area contributed by atoms with E-state index < -0.39 is 0 Å². The molecule has 0 saturated heterocycles. The van der Waals surface area contributed by atoms with Gasteiger partial charge in [0.1, 0.15) is 0 Å². The Balaban J connectivity index is 1.61. The molecule has 1 fully saturated rings. The Morgan fingerprint density at radius 2 is 1.82 bits per heavy atom. The van der Waals surface area contributed by atoms with Gasteiger partial charge in [0.15, 0.2) is 0 Å². The average Bonchev–Trinajstić information content (AvgIpc) is 3.33. The minimum atomic E-state index is -0.00747. The van der Waals surface area contributed by atoms with E-state index in [0.717, 1.165) is 24.1 Å². The van der Waals surface area contributed by atoms with Crippen LogP contribution in [-0.4, -0.2) is 11.9 Å². The lowest BCUT2D eigenvalue weighted by Gasteiger charge is -2.10. The van der Waals surface area contributed by atoms with Crippen LogP contribution in [0.1, 0.15) is 28.8 Å². The predicted octanol–water partition coefficient (Wildman–Crippen LogP) is 4.50. The van der Waals surface area contributed by atoms with Crippen molar-refractivity contribution in [2.75, 3.05) is 5.32 Å². The van der Waals surface area contributed by atoms with E-state index in [1.54, 1.807) is 6.07 Å². The smallest absolute Gasteiger partial charge is 0.251 e. The van der Waals surface area contributed by atoms with Gasteiger partial charge in [0.2, 0.25) is 0 Å². The van der Waals surface area contributed by atoms with E-state index in [4.69, 9.17) is 23.2 Å². The van der Waals surface area contributed by atoms with Crippen LogP contribution in [0.5, 0.6) is 0 Å². The maximum absolute atomic E-state index is 11.9.